The summed E-state index contributed by atoms with van der Waals surface area (Å²) < 4.78 is 39.3. The maximum atomic E-state index is 11.9. The van der Waals surface area contributed by atoms with Gasteiger partial charge >= 0.3 is 12.3 Å². The second-order valence-corrected chi connectivity index (χ2v) is 2.99. The van der Waals surface area contributed by atoms with Gasteiger partial charge in [-0.2, -0.15) is 0 Å². The molecule has 0 aliphatic carbocycles. The van der Waals surface area contributed by atoms with Gasteiger partial charge in [0, 0.05) is 4.90 Å². The molecule has 0 radical (unpaired) electrons. The number of para-hydroxylation sites is 1. The third-order valence-corrected chi connectivity index (χ3v) is 1.79. The highest BCUT2D eigenvalue weighted by Gasteiger charge is 2.33. The largest absolute Gasteiger partial charge is 0.573 e. The van der Waals surface area contributed by atoms with E-state index in [1.54, 1.807) is 0 Å². The number of thiol groups is 1. The Morgan fingerprint density at radius 2 is 2.00 bits per heavy atom. The molecule has 1 aromatic rings. The van der Waals surface area contributed by atoms with Gasteiger partial charge in [0.25, 0.3) is 0 Å². The Morgan fingerprint density at radius 1 is 1.40 bits per heavy atom. The summed E-state index contributed by atoms with van der Waals surface area (Å²) in [6.07, 6.45) is -4.94. The van der Waals surface area contributed by atoms with Gasteiger partial charge in [-0.15, -0.1) is 25.8 Å². The van der Waals surface area contributed by atoms with Crippen molar-refractivity contribution in [2.75, 3.05) is 0 Å². The Kier molecular flexibility index (Phi) is 3.13. The summed E-state index contributed by atoms with van der Waals surface area (Å²) in [6, 6.07) is 3.48. The molecule has 0 unspecified atom stereocenters. The zero-order valence-electron chi connectivity index (χ0n) is 7.08. The van der Waals surface area contributed by atoms with Gasteiger partial charge in [0.2, 0.25) is 0 Å². The van der Waals surface area contributed by atoms with Crippen molar-refractivity contribution < 1.29 is 27.8 Å². The van der Waals surface area contributed by atoms with Crippen LogP contribution in [0.2, 0.25) is 0 Å². The molecule has 0 spiro atoms. The smallest absolute Gasteiger partial charge is 0.478 e. The summed E-state index contributed by atoms with van der Waals surface area (Å²) in [4.78, 5) is 10.4. The van der Waals surface area contributed by atoms with E-state index in [1.165, 1.54) is 12.1 Å². The molecule has 0 saturated heterocycles. The average molecular weight is 238 g/mol. The molecule has 0 bridgehead atoms. The fourth-order valence-electron chi connectivity index (χ4n) is 0.916. The van der Waals surface area contributed by atoms with Gasteiger partial charge in [0.1, 0.15) is 5.56 Å². The number of carbonyl (C=O) groups is 1. The first kappa shape index (κ1) is 11.7. The molecule has 3 nitrogen and oxygen atoms in total. The van der Waals surface area contributed by atoms with Crippen LogP contribution >= 0.6 is 12.6 Å². The lowest BCUT2D eigenvalue weighted by molar-refractivity contribution is -0.275. The van der Waals surface area contributed by atoms with Crippen molar-refractivity contribution in [3.05, 3.63) is 23.8 Å². The first-order valence-corrected chi connectivity index (χ1v) is 4.07. The summed E-state index contributed by atoms with van der Waals surface area (Å²) in [7, 11) is 0. The van der Waals surface area contributed by atoms with Gasteiger partial charge in [-0.25, -0.2) is 4.79 Å². The van der Waals surface area contributed by atoms with Crippen LogP contribution in [0.5, 0.6) is 5.75 Å². The van der Waals surface area contributed by atoms with Gasteiger partial charge in [0.05, 0.1) is 0 Å². The van der Waals surface area contributed by atoms with E-state index in [0.717, 1.165) is 6.07 Å². The summed E-state index contributed by atoms with van der Waals surface area (Å²) >= 11 is 3.69. The third kappa shape index (κ3) is 3.05. The molecule has 0 aromatic heterocycles. The second kappa shape index (κ2) is 4.01. The summed E-state index contributed by atoms with van der Waals surface area (Å²) in [6.45, 7) is 0. The number of carboxylic acids is 1. The SMILES string of the molecule is O=C(O)c1cccc(S)c1OC(F)(F)F. The Bertz CT molecular complexity index is 389. The second-order valence-electron chi connectivity index (χ2n) is 2.51. The Labute approximate surface area is 87.9 Å². The van der Waals surface area contributed by atoms with Crippen LogP contribution in [-0.2, 0) is 0 Å². The lowest BCUT2D eigenvalue weighted by Crippen LogP contribution is -2.19. The maximum Gasteiger partial charge on any atom is 0.573 e. The molecule has 7 heteroatoms. The van der Waals surface area contributed by atoms with Crippen LogP contribution in [0.4, 0.5) is 13.2 Å². The number of hydrogen-bond donors (Lipinski definition) is 2. The van der Waals surface area contributed by atoms with Crippen molar-refractivity contribution >= 4 is 18.6 Å². The molecule has 1 rings (SSSR count). The summed E-state index contributed by atoms with van der Waals surface area (Å²) in [5.41, 5.74) is -0.583. The predicted molar refractivity (Wildman–Crippen MR) is 47.3 cm³/mol. The van der Waals surface area contributed by atoms with Crippen molar-refractivity contribution in [3.63, 3.8) is 0 Å². The molecular formula is C8H5F3O3S. The normalized spacial score (nSPS) is 11.2. The van der Waals surface area contributed by atoms with Gasteiger partial charge in [-0.05, 0) is 12.1 Å². The standard InChI is InChI=1S/C8H5F3O3S/c9-8(10,11)14-6-4(7(12)13)2-1-3-5(6)15/h1-3,15H,(H,12,13). The number of alkyl halides is 3. The minimum atomic E-state index is -4.94. The van der Waals surface area contributed by atoms with E-state index in [9.17, 15) is 18.0 Å². The zero-order chi connectivity index (χ0) is 11.6. The van der Waals surface area contributed by atoms with Crippen molar-refractivity contribution in [1.29, 1.82) is 0 Å². The molecule has 1 N–H and O–H groups in total. The average Bonchev–Trinajstić information content (AvgIpc) is 2.05. The van der Waals surface area contributed by atoms with Crippen LogP contribution in [0, 0.1) is 0 Å². The molecule has 1 aromatic carbocycles. The van der Waals surface area contributed by atoms with Crippen molar-refractivity contribution in [2.45, 2.75) is 11.3 Å². The maximum absolute atomic E-state index is 11.9. The van der Waals surface area contributed by atoms with Gasteiger partial charge in [-0.3, -0.25) is 0 Å². The minimum Gasteiger partial charge on any atom is -0.478 e. The topological polar surface area (TPSA) is 46.5 Å². The number of benzene rings is 1. The zero-order valence-corrected chi connectivity index (χ0v) is 7.97. The van der Waals surface area contributed by atoms with E-state index in [0.29, 0.717) is 0 Å². The van der Waals surface area contributed by atoms with Crippen molar-refractivity contribution in [1.82, 2.24) is 0 Å². The number of rotatable bonds is 2. The van der Waals surface area contributed by atoms with Crippen LogP contribution in [0.25, 0.3) is 0 Å². The minimum absolute atomic E-state index is 0.188. The molecule has 15 heavy (non-hydrogen) atoms. The van der Waals surface area contributed by atoms with E-state index in [4.69, 9.17) is 5.11 Å². The number of aromatic carboxylic acids is 1. The molecule has 0 atom stereocenters. The number of hydrogen-bond acceptors (Lipinski definition) is 3. The van der Waals surface area contributed by atoms with E-state index in [2.05, 4.69) is 17.4 Å². The molecule has 0 fully saturated rings. The Balaban J connectivity index is 3.19. The van der Waals surface area contributed by atoms with E-state index in [-0.39, 0.29) is 4.90 Å². The first-order valence-electron chi connectivity index (χ1n) is 3.62. The monoisotopic (exact) mass is 238 g/mol. The van der Waals surface area contributed by atoms with Crippen LogP contribution in [-0.4, -0.2) is 17.4 Å². The lowest BCUT2D eigenvalue weighted by Gasteiger charge is -2.12. The number of ether oxygens (including phenoxy) is 1. The van der Waals surface area contributed by atoms with Crippen LogP contribution < -0.4 is 4.74 Å². The van der Waals surface area contributed by atoms with E-state index < -0.39 is 23.6 Å². The molecule has 82 valence electrons. The predicted octanol–water partition coefficient (Wildman–Crippen LogP) is 2.57. The van der Waals surface area contributed by atoms with Gasteiger partial charge < -0.3 is 9.84 Å². The quantitative estimate of drug-likeness (QED) is 0.778. The summed E-state index contributed by atoms with van der Waals surface area (Å²) in [5.74, 6) is -2.31. The summed E-state index contributed by atoms with van der Waals surface area (Å²) in [5, 5.41) is 8.61. The molecule has 0 heterocycles. The van der Waals surface area contributed by atoms with Crippen molar-refractivity contribution in [3.8, 4) is 5.75 Å². The van der Waals surface area contributed by atoms with Crippen LogP contribution in [0.1, 0.15) is 10.4 Å². The molecule has 0 aliphatic rings. The number of halogens is 3. The third-order valence-electron chi connectivity index (χ3n) is 1.44. The van der Waals surface area contributed by atoms with Crippen molar-refractivity contribution in [2.24, 2.45) is 0 Å². The van der Waals surface area contributed by atoms with Crippen LogP contribution in [0.15, 0.2) is 23.1 Å². The highest BCUT2D eigenvalue weighted by atomic mass is 32.1. The van der Waals surface area contributed by atoms with E-state index >= 15 is 0 Å². The van der Waals surface area contributed by atoms with Crippen LogP contribution in [0.3, 0.4) is 0 Å². The fourth-order valence-corrected chi connectivity index (χ4v) is 1.17. The fraction of sp³-hybridized carbons (Fsp3) is 0.125. The lowest BCUT2D eigenvalue weighted by atomic mass is 10.2. The molecule has 0 aliphatic heterocycles. The first-order chi connectivity index (χ1) is 6.81. The Hall–Kier alpha value is -1.37. The highest BCUT2D eigenvalue weighted by molar-refractivity contribution is 7.80. The number of carboxylic acid groups (broad SMARTS) is 1. The molecule has 0 saturated carbocycles. The Morgan fingerprint density at radius 3 is 2.47 bits per heavy atom. The highest BCUT2D eigenvalue weighted by Crippen LogP contribution is 2.32. The van der Waals surface area contributed by atoms with Gasteiger partial charge in [-0.1, -0.05) is 6.07 Å². The molecular weight excluding hydrogens is 233 g/mol. The van der Waals surface area contributed by atoms with E-state index in [1.807, 2.05) is 0 Å². The molecule has 0 amide bonds. The van der Waals surface area contributed by atoms with Gasteiger partial charge in [0.15, 0.2) is 5.75 Å².